The molecule has 0 aliphatic carbocycles. The van der Waals surface area contributed by atoms with Gasteiger partial charge in [-0.2, -0.15) is 0 Å². The first-order valence-corrected chi connectivity index (χ1v) is 9.89. The standard InChI is InChI=1S/C22H30N4O3/c1-7-10-22(5,28)12-26-17-14-9-8-13(19(27)29-6)11-15(14)24-18(23)16(17)25-20(26)21(2,3)4/h8-9,11,28H,7,10,12H2,1-6H3,(H2,23,24). The second-order valence-corrected chi connectivity index (χ2v) is 8.94. The van der Waals surface area contributed by atoms with Gasteiger partial charge >= 0.3 is 5.97 Å². The molecular formula is C22H30N4O3. The normalized spacial score (nSPS) is 14.3. The average Bonchev–Trinajstić information content (AvgIpc) is 3.00. The van der Waals surface area contributed by atoms with Gasteiger partial charge < -0.3 is 20.1 Å². The number of fused-ring (bicyclic) bond motifs is 3. The van der Waals surface area contributed by atoms with Gasteiger partial charge in [-0.15, -0.1) is 0 Å². The number of methoxy groups -OCH3 is 1. The van der Waals surface area contributed by atoms with E-state index in [2.05, 4.69) is 37.2 Å². The lowest BCUT2D eigenvalue weighted by molar-refractivity contribution is 0.0321. The van der Waals surface area contributed by atoms with Crippen molar-refractivity contribution in [2.45, 2.75) is 65.0 Å². The lowest BCUT2D eigenvalue weighted by Gasteiger charge is -2.28. The van der Waals surface area contributed by atoms with Crippen LogP contribution in [0.25, 0.3) is 21.9 Å². The van der Waals surface area contributed by atoms with Gasteiger partial charge in [0.15, 0.2) is 5.82 Å². The highest BCUT2D eigenvalue weighted by molar-refractivity contribution is 6.08. The molecule has 7 heteroatoms. The van der Waals surface area contributed by atoms with Crippen LogP contribution in [0.4, 0.5) is 5.82 Å². The third-order valence-electron chi connectivity index (χ3n) is 5.08. The molecular weight excluding hydrogens is 368 g/mol. The van der Waals surface area contributed by atoms with Crippen molar-refractivity contribution < 1.29 is 14.6 Å². The molecule has 0 saturated carbocycles. The van der Waals surface area contributed by atoms with E-state index >= 15 is 0 Å². The van der Waals surface area contributed by atoms with Crippen molar-refractivity contribution in [2.24, 2.45) is 0 Å². The van der Waals surface area contributed by atoms with Crippen molar-refractivity contribution in [1.29, 1.82) is 0 Å². The number of carbonyl (C=O) groups is 1. The van der Waals surface area contributed by atoms with Crippen molar-refractivity contribution in [3.63, 3.8) is 0 Å². The maximum absolute atomic E-state index is 11.9. The summed E-state index contributed by atoms with van der Waals surface area (Å²) in [6.45, 7) is 10.5. The Hall–Kier alpha value is -2.67. The Balaban J connectivity index is 2.36. The third kappa shape index (κ3) is 3.92. The van der Waals surface area contributed by atoms with Crippen LogP contribution in [0.5, 0.6) is 0 Å². The van der Waals surface area contributed by atoms with Gasteiger partial charge in [0.1, 0.15) is 11.3 Å². The summed E-state index contributed by atoms with van der Waals surface area (Å²) in [5.41, 5.74) is 7.55. The Bertz CT molecular complexity index is 1080. The molecule has 2 aromatic heterocycles. The molecule has 0 aliphatic rings. The van der Waals surface area contributed by atoms with Crippen LogP contribution in [0, 0.1) is 0 Å². The molecule has 0 aliphatic heterocycles. The molecule has 29 heavy (non-hydrogen) atoms. The van der Waals surface area contributed by atoms with Crippen LogP contribution < -0.4 is 5.73 Å². The first-order chi connectivity index (χ1) is 13.5. The number of rotatable bonds is 5. The second-order valence-electron chi connectivity index (χ2n) is 8.94. The molecule has 156 valence electrons. The molecule has 0 spiro atoms. The largest absolute Gasteiger partial charge is 0.465 e. The van der Waals surface area contributed by atoms with Gasteiger partial charge in [-0.1, -0.05) is 34.1 Å². The number of pyridine rings is 1. The van der Waals surface area contributed by atoms with Crippen LogP contribution in [0.2, 0.25) is 0 Å². The third-order valence-corrected chi connectivity index (χ3v) is 5.08. The zero-order valence-corrected chi connectivity index (χ0v) is 18.0. The molecule has 0 fully saturated rings. The van der Waals surface area contributed by atoms with Gasteiger partial charge in [-0.3, -0.25) is 0 Å². The number of aromatic nitrogens is 3. The molecule has 1 atom stereocenters. The number of ether oxygens (including phenoxy) is 1. The van der Waals surface area contributed by atoms with E-state index in [9.17, 15) is 9.90 Å². The van der Waals surface area contributed by atoms with Gasteiger partial charge in [0.2, 0.25) is 0 Å². The highest BCUT2D eigenvalue weighted by Crippen LogP contribution is 2.35. The minimum absolute atomic E-state index is 0.258. The minimum Gasteiger partial charge on any atom is -0.465 e. The van der Waals surface area contributed by atoms with Crippen LogP contribution in [-0.4, -0.2) is 38.3 Å². The predicted molar refractivity (Wildman–Crippen MR) is 115 cm³/mol. The Morgan fingerprint density at radius 2 is 1.93 bits per heavy atom. The van der Waals surface area contributed by atoms with E-state index in [4.69, 9.17) is 15.5 Å². The van der Waals surface area contributed by atoms with E-state index in [0.717, 1.165) is 23.1 Å². The summed E-state index contributed by atoms with van der Waals surface area (Å²) in [5, 5.41) is 11.8. The number of imidazole rings is 1. The fourth-order valence-corrected chi connectivity index (χ4v) is 3.84. The van der Waals surface area contributed by atoms with Crippen LogP contribution >= 0.6 is 0 Å². The summed E-state index contributed by atoms with van der Waals surface area (Å²) in [7, 11) is 1.35. The molecule has 3 aromatic rings. The van der Waals surface area contributed by atoms with Crippen LogP contribution in [-0.2, 0) is 16.7 Å². The molecule has 0 bridgehead atoms. The number of benzene rings is 1. The van der Waals surface area contributed by atoms with Crippen LogP contribution in [0.1, 0.15) is 63.6 Å². The number of nitrogens with two attached hydrogens (primary N) is 1. The Labute approximate surface area is 170 Å². The maximum Gasteiger partial charge on any atom is 0.337 e. The van der Waals surface area contributed by atoms with Gasteiger partial charge in [0.25, 0.3) is 0 Å². The Morgan fingerprint density at radius 1 is 1.24 bits per heavy atom. The number of hydrogen-bond acceptors (Lipinski definition) is 6. The number of esters is 1. The SMILES string of the molecule is CCCC(C)(O)Cn1c(C(C)(C)C)nc2c(N)nc3cc(C(=O)OC)ccc3c21. The number of nitrogens with zero attached hydrogens (tertiary/aromatic N) is 3. The van der Waals surface area contributed by atoms with Crippen molar-refractivity contribution in [1.82, 2.24) is 14.5 Å². The van der Waals surface area contributed by atoms with E-state index in [-0.39, 0.29) is 5.41 Å². The molecule has 3 rings (SSSR count). The van der Waals surface area contributed by atoms with Gasteiger partial charge in [0, 0.05) is 10.8 Å². The molecule has 1 unspecified atom stereocenters. The number of hydrogen-bond donors (Lipinski definition) is 2. The van der Waals surface area contributed by atoms with Crippen molar-refractivity contribution in [2.75, 3.05) is 12.8 Å². The Morgan fingerprint density at radius 3 is 2.52 bits per heavy atom. The van der Waals surface area contributed by atoms with Gasteiger partial charge in [0.05, 0.1) is 35.9 Å². The fraction of sp³-hybridized carbons (Fsp3) is 0.500. The predicted octanol–water partition coefficient (Wildman–Crippen LogP) is 3.80. The zero-order chi connectivity index (χ0) is 21.6. The van der Waals surface area contributed by atoms with E-state index in [1.807, 2.05) is 13.0 Å². The summed E-state index contributed by atoms with van der Waals surface area (Å²) in [4.78, 5) is 21.2. The number of aliphatic hydroxyl groups is 1. The summed E-state index contributed by atoms with van der Waals surface area (Å²) >= 11 is 0. The zero-order valence-electron chi connectivity index (χ0n) is 18.0. The highest BCUT2D eigenvalue weighted by Gasteiger charge is 2.30. The molecule has 2 heterocycles. The topological polar surface area (TPSA) is 103 Å². The molecule has 7 nitrogen and oxygen atoms in total. The minimum atomic E-state index is -0.890. The number of nitrogen functional groups attached to an aromatic ring is 1. The average molecular weight is 399 g/mol. The van der Waals surface area contributed by atoms with E-state index < -0.39 is 11.6 Å². The van der Waals surface area contributed by atoms with E-state index in [0.29, 0.717) is 35.4 Å². The highest BCUT2D eigenvalue weighted by atomic mass is 16.5. The molecule has 0 amide bonds. The van der Waals surface area contributed by atoms with Gasteiger partial charge in [-0.25, -0.2) is 14.8 Å². The van der Waals surface area contributed by atoms with Crippen LogP contribution in [0.3, 0.4) is 0 Å². The fourth-order valence-electron chi connectivity index (χ4n) is 3.84. The lowest BCUT2D eigenvalue weighted by atomic mass is 9.94. The second kappa shape index (κ2) is 7.30. The summed E-state index contributed by atoms with van der Waals surface area (Å²) < 4.78 is 6.88. The monoisotopic (exact) mass is 398 g/mol. The van der Waals surface area contributed by atoms with Crippen molar-refractivity contribution in [3.8, 4) is 0 Å². The Kier molecular flexibility index (Phi) is 5.30. The smallest absolute Gasteiger partial charge is 0.337 e. The maximum atomic E-state index is 11.9. The molecule has 0 radical (unpaired) electrons. The van der Waals surface area contributed by atoms with Crippen molar-refractivity contribution in [3.05, 3.63) is 29.6 Å². The van der Waals surface area contributed by atoms with E-state index in [1.54, 1.807) is 12.1 Å². The number of carbonyl (C=O) groups excluding carboxylic acids is 1. The number of anilines is 1. The summed E-state index contributed by atoms with van der Waals surface area (Å²) in [5.74, 6) is 0.706. The first-order valence-electron chi connectivity index (χ1n) is 9.89. The quantitative estimate of drug-likeness (QED) is 0.634. The molecule has 0 saturated heterocycles. The summed E-state index contributed by atoms with van der Waals surface area (Å²) in [6.07, 6.45) is 1.54. The van der Waals surface area contributed by atoms with E-state index in [1.165, 1.54) is 7.11 Å². The summed E-state index contributed by atoms with van der Waals surface area (Å²) in [6, 6.07) is 5.23. The van der Waals surface area contributed by atoms with Gasteiger partial charge in [-0.05, 0) is 31.5 Å². The lowest BCUT2D eigenvalue weighted by Crippen LogP contribution is -2.32. The van der Waals surface area contributed by atoms with Crippen LogP contribution in [0.15, 0.2) is 18.2 Å². The van der Waals surface area contributed by atoms with Crippen molar-refractivity contribution >= 4 is 33.7 Å². The molecule has 1 aromatic carbocycles. The molecule has 3 N–H and O–H groups in total. The first kappa shape index (κ1) is 21.0.